The van der Waals surface area contributed by atoms with Crippen LogP contribution in [0.15, 0.2) is 0 Å². The Morgan fingerprint density at radius 1 is 1.37 bits per heavy atom. The SMILES string of the molecule is CCC1(C)CNC(C)CN1CCS(=O)(=O)C(C)(C)C. The highest BCUT2D eigenvalue weighted by Gasteiger charge is 2.37. The van der Waals surface area contributed by atoms with Gasteiger partial charge in [-0.25, -0.2) is 8.42 Å². The molecule has 0 amide bonds. The first-order valence-corrected chi connectivity index (χ1v) is 8.88. The summed E-state index contributed by atoms with van der Waals surface area (Å²) in [6.07, 6.45) is 1.03. The second-order valence-electron chi connectivity index (χ2n) is 7.01. The first-order chi connectivity index (χ1) is 8.52. The minimum absolute atomic E-state index is 0.0694. The molecule has 114 valence electrons. The summed E-state index contributed by atoms with van der Waals surface area (Å²) < 4.78 is 23.8. The number of nitrogens with zero attached hydrogens (tertiary/aromatic N) is 1. The van der Waals surface area contributed by atoms with E-state index in [2.05, 4.69) is 31.0 Å². The van der Waals surface area contributed by atoms with Crippen LogP contribution in [0.5, 0.6) is 0 Å². The molecule has 1 fully saturated rings. The lowest BCUT2D eigenvalue weighted by Gasteiger charge is -2.47. The molecule has 0 aromatic rings. The van der Waals surface area contributed by atoms with E-state index in [1.54, 1.807) is 20.8 Å². The third kappa shape index (κ3) is 3.92. The summed E-state index contributed by atoms with van der Waals surface area (Å²) in [5.74, 6) is 0.249. The molecular weight excluding hydrogens is 260 g/mol. The minimum atomic E-state index is -3.04. The molecule has 1 saturated heterocycles. The Bertz CT molecular complexity index is 400. The maximum atomic E-state index is 12.2. The van der Waals surface area contributed by atoms with Gasteiger partial charge in [0.1, 0.15) is 0 Å². The van der Waals surface area contributed by atoms with Crippen LogP contribution in [0.2, 0.25) is 0 Å². The van der Waals surface area contributed by atoms with Gasteiger partial charge >= 0.3 is 0 Å². The third-order valence-corrected chi connectivity index (χ3v) is 7.00. The van der Waals surface area contributed by atoms with Gasteiger partial charge < -0.3 is 5.32 Å². The van der Waals surface area contributed by atoms with Crippen molar-refractivity contribution in [3.63, 3.8) is 0 Å². The number of piperazine rings is 1. The monoisotopic (exact) mass is 290 g/mol. The Morgan fingerprint density at radius 2 is 1.95 bits per heavy atom. The summed E-state index contributed by atoms with van der Waals surface area (Å²) in [6, 6.07) is 0.428. The Balaban J connectivity index is 2.74. The van der Waals surface area contributed by atoms with Gasteiger partial charge in [0.25, 0.3) is 0 Å². The third-order valence-electron chi connectivity index (χ3n) is 4.41. The number of nitrogens with one attached hydrogen (secondary N) is 1. The average Bonchev–Trinajstić information content (AvgIpc) is 2.29. The molecule has 2 unspecified atom stereocenters. The van der Waals surface area contributed by atoms with Crippen molar-refractivity contribution in [2.45, 2.75) is 64.3 Å². The molecule has 0 saturated carbocycles. The van der Waals surface area contributed by atoms with Crippen LogP contribution in [-0.2, 0) is 9.84 Å². The summed E-state index contributed by atoms with van der Waals surface area (Å²) >= 11 is 0. The largest absolute Gasteiger partial charge is 0.311 e. The van der Waals surface area contributed by atoms with Gasteiger partial charge in [-0.1, -0.05) is 6.92 Å². The smallest absolute Gasteiger partial charge is 0.156 e. The van der Waals surface area contributed by atoms with E-state index in [4.69, 9.17) is 0 Å². The van der Waals surface area contributed by atoms with Crippen LogP contribution in [0.4, 0.5) is 0 Å². The Morgan fingerprint density at radius 3 is 2.42 bits per heavy atom. The summed E-state index contributed by atoms with van der Waals surface area (Å²) in [5, 5.41) is 3.49. The normalized spacial score (nSPS) is 30.5. The summed E-state index contributed by atoms with van der Waals surface area (Å²) in [4.78, 5) is 2.34. The van der Waals surface area contributed by atoms with Gasteiger partial charge in [0.15, 0.2) is 9.84 Å². The second-order valence-corrected chi connectivity index (χ2v) is 9.87. The van der Waals surface area contributed by atoms with Crippen molar-refractivity contribution >= 4 is 9.84 Å². The quantitative estimate of drug-likeness (QED) is 0.855. The van der Waals surface area contributed by atoms with Crippen LogP contribution in [0, 0.1) is 0 Å². The van der Waals surface area contributed by atoms with Gasteiger partial charge in [0, 0.05) is 31.2 Å². The lowest BCUT2D eigenvalue weighted by Crippen LogP contribution is -2.63. The molecule has 0 aromatic heterocycles. The lowest BCUT2D eigenvalue weighted by atomic mass is 9.92. The molecule has 1 heterocycles. The number of rotatable bonds is 4. The van der Waals surface area contributed by atoms with Crippen molar-refractivity contribution in [3.05, 3.63) is 0 Å². The highest BCUT2D eigenvalue weighted by molar-refractivity contribution is 7.92. The highest BCUT2D eigenvalue weighted by Crippen LogP contribution is 2.24. The molecule has 19 heavy (non-hydrogen) atoms. The van der Waals surface area contributed by atoms with Crippen molar-refractivity contribution in [3.8, 4) is 0 Å². The van der Waals surface area contributed by atoms with E-state index in [1.165, 1.54) is 0 Å². The van der Waals surface area contributed by atoms with Gasteiger partial charge in [0.2, 0.25) is 0 Å². The lowest BCUT2D eigenvalue weighted by molar-refractivity contribution is 0.0588. The van der Waals surface area contributed by atoms with E-state index in [-0.39, 0.29) is 11.3 Å². The summed E-state index contributed by atoms with van der Waals surface area (Å²) in [6.45, 7) is 14.4. The van der Waals surface area contributed by atoms with Crippen molar-refractivity contribution in [2.75, 3.05) is 25.4 Å². The van der Waals surface area contributed by atoms with Crippen LogP contribution in [0.3, 0.4) is 0 Å². The van der Waals surface area contributed by atoms with Crippen LogP contribution in [0.1, 0.15) is 48.0 Å². The van der Waals surface area contributed by atoms with Crippen molar-refractivity contribution in [1.29, 1.82) is 0 Å². The molecule has 0 spiro atoms. The molecule has 0 bridgehead atoms. The fourth-order valence-electron chi connectivity index (χ4n) is 2.37. The standard InChI is InChI=1S/C14H30N2O2S/c1-7-14(6)11-15-12(2)10-16(14)8-9-19(17,18)13(3,4)5/h12,15H,7-11H2,1-6H3. The molecule has 0 aromatic carbocycles. The van der Waals surface area contributed by atoms with Crippen LogP contribution in [-0.4, -0.2) is 55.0 Å². The molecule has 5 heteroatoms. The van der Waals surface area contributed by atoms with Crippen molar-refractivity contribution in [2.24, 2.45) is 0 Å². The van der Waals surface area contributed by atoms with Crippen molar-refractivity contribution < 1.29 is 8.42 Å². The minimum Gasteiger partial charge on any atom is -0.311 e. The summed E-state index contributed by atoms with van der Waals surface area (Å²) in [5.41, 5.74) is 0.0694. The molecule has 1 N–H and O–H groups in total. The Hall–Kier alpha value is -0.130. The van der Waals surface area contributed by atoms with Crippen LogP contribution in [0.25, 0.3) is 0 Å². The van der Waals surface area contributed by atoms with E-state index < -0.39 is 14.6 Å². The van der Waals surface area contributed by atoms with Crippen LogP contribution >= 0.6 is 0 Å². The average molecular weight is 290 g/mol. The van der Waals surface area contributed by atoms with E-state index in [0.717, 1.165) is 19.5 Å². The van der Waals surface area contributed by atoms with Gasteiger partial charge in [-0.05, 0) is 41.0 Å². The highest BCUT2D eigenvalue weighted by atomic mass is 32.2. The molecule has 0 aliphatic carbocycles. The first kappa shape index (κ1) is 16.9. The van der Waals surface area contributed by atoms with E-state index in [0.29, 0.717) is 12.6 Å². The van der Waals surface area contributed by atoms with E-state index >= 15 is 0 Å². The second kappa shape index (κ2) is 5.70. The van der Waals surface area contributed by atoms with Gasteiger partial charge in [-0.15, -0.1) is 0 Å². The Labute approximate surface area is 118 Å². The Kier molecular flexibility index (Phi) is 5.08. The predicted octanol–water partition coefficient (Wildman–Crippen LogP) is 1.66. The first-order valence-electron chi connectivity index (χ1n) is 7.22. The fraction of sp³-hybridized carbons (Fsp3) is 1.00. The zero-order valence-corrected chi connectivity index (χ0v) is 14.1. The maximum absolute atomic E-state index is 12.2. The molecule has 1 rings (SSSR count). The zero-order chi connectivity index (χ0) is 14.9. The molecule has 1 aliphatic rings. The molecule has 2 atom stereocenters. The predicted molar refractivity (Wildman–Crippen MR) is 81.3 cm³/mol. The molecule has 1 aliphatic heterocycles. The van der Waals surface area contributed by atoms with E-state index in [9.17, 15) is 8.42 Å². The number of hydrogen-bond acceptors (Lipinski definition) is 4. The number of hydrogen-bond donors (Lipinski definition) is 1. The topological polar surface area (TPSA) is 49.4 Å². The maximum Gasteiger partial charge on any atom is 0.156 e. The van der Waals surface area contributed by atoms with E-state index in [1.807, 2.05) is 0 Å². The molecule has 4 nitrogen and oxygen atoms in total. The summed E-state index contributed by atoms with van der Waals surface area (Å²) in [7, 11) is -3.04. The van der Waals surface area contributed by atoms with Crippen LogP contribution < -0.4 is 5.32 Å². The van der Waals surface area contributed by atoms with Gasteiger partial charge in [0.05, 0.1) is 10.5 Å². The van der Waals surface area contributed by atoms with Gasteiger partial charge in [-0.2, -0.15) is 0 Å². The number of sulfone groups is 1. The molecular formula is C14H30N2O2S. The van der Waals surface area contributed by atoms with Crippen molar-refractivity contribution in [1.82, 2.24) is 10.2 Å². The zero-order valence-electron chi connectivity index (χ0n) is 13.3. The fourth-order valence-corrected chi connectivity index (χ4v) is 3.44. The molecule has 0 radical (unpaired) electrons. The van der Waals surface area contributed by atoms with Gasteiger partial charge in [-0.3, -0.25) is 4.90 Å².